The highest BCUT2D eigenvalue weighted by Gasteiger charge is 2.29. The number of nitrogens with one attached hydrogen (secondary N) is 1. The number of halogens is 3. The third-order valence-corrected chi connectivity index (χ3v) is 2.47. The summed E-state index contributed by atoms with van der Waals surface area (Å²) in [6.07, 6.45) is 0.928. The Labute approximate surface area is 110 Å². The lowest BCUT2D eigenvalue weighted by atomic mass is 10.1. The average molecular weight is 271 g/mol. The van der Waals surface area contributed by atoms with E-state index in [0.717, 1.165) is 30.5 Å². The van der Waals surface area contributed by atoms with Gasteiger partial charge in [-0.05, 0) is 30.5 Å². The molecule has 0 bridgehead atoms. The fourth-order valence-electron chi connectivity index (χ4n) is 1.49. The molecule has 0 fully saturated rings. The molecule has 0 aliphatic carbocycles. The Bertz CT molecular complexity index is 435. The third-order valence-electron chi connectivity index (χ3n) is 2.47. The Hall–Kier alpha value is -1.78. The minimum atomic E-state index is -4.29. The van der Waals surface area contributed by atoms with Gasteiger partial charge < -0.3 is 5.32 Å². The van der Waals surface area contributed by atoms with Gasteiger partial charge in [-0.15, -0.1) is 0 Å². The molecule has 1 amide bonds. The molecule has 19 heavy (non-hydrogen) atoms. The van der Waals surface area contributed by atoms with Crippen molar-refractivity contribution in [3.63, 3.8) is 0 Å². The Balaban J connectivity index is 2.39. The number of alkyl halides is 3. The molecule has 0 atom stereocenters. The second-order valence-corrected chi connectivity index (χ2v) is 4.15. The molecule has 0 radical (unpaired) electrons. The number of hydrogen-bond donors (Lipinski definition) is 1. The first-order chi connectivity index (χ1) is 8.89. The van der Waals surface area contributed by atoms with Gasteiger partial charge in [0.15, 0.2) is 0 Å². The van der Waals surface area contributed by atoms with Crippen LogP contribution >= 0.6 is 0 Å². The van der Waals surface area contributed by atoms with Gasteiger partial charge in [-0.3, -0.25) is 4.79 Å². The molecule has 1 aromatic carbocycles. The van der Waals surface area contributed by atoms with E-state index in [1.54, 1.807) is 6.08 Å². The van der Waals surface area contributed by atoms with Gasteiger partial charge in [-0.25, -0.2) is 0 Å². The molecular weight excluding hydrogens is 255 g/mol. The first-order valence-corrected chi connectivity index (χ1v) is 5.98. The number of amides is 1. The Kier molecular flexibility index (Phi) is 5.60. The van der Waals surface area contributed by atoms with Crippen LogP contribution in [0.2, 0.25) is 0 Å². The average Bonchev–Trinajstić information content (AvgIpc) is 2.32. The number of allylic oxidation sites excluding steroid dienone is 1. The summed E-state index contributed by atoms with van der Waals surface area (Å²) in [7, 11) is 0. The molecule has 0 aliphatic rings. The molecular formula is C14H16F3NO. The number of hydrogen-bond acceptors (Lipinski definition) is 1. The van der Waals surface area contributed by atoms with Gasteiger partial charge in [0.2, 0.25) is 5.91 Å². The van der Waals surface area contributed by atoms with Crippen LogP contribution in [-0.2, 0) is 11.0 Å². The summed E-state index contributed by atoms with van der Waals surface area (Å²) < 4.78 is 37.0. The molecule has 0 saturated heterocycles. The second-order valence-electron chi connectivity index (χ2n) is 4.15. The molecule has 1 rings (SSSR count). The second kappa shape index (κ2) is 6.97. The summed E-state index contributed by atoms with van der Waals surface area (Å²) in [5, 5.41) is 2.67. The lowest BCUT2D eigenvalue weighted by Gasteiger charge is -2.05. The normalized spacial score (nSPS) is 11.8. The third kappa shape index (κ3) is 6.08. The summed E-state index contributed by atoms with van der Waals surface area (Å²) >= 11 is 0. The molecule has 0 spiro atoms. The van der Waals surface area contributed by atoms with Crippen LogP contribution in [0.15, 0.2) is 30.3 Å². The van der Waals surface area contributed by atoms with Crippen molar-refractivity contribution in [1.82, 2.24) is 5.32 Å². The zero-order valence-electron chi connectivity index (χ0n) is 10.6. The van der Waals surface area contributed by atoms with E-state index in [0.29, 0.717) is 6.54 Å². The summed E-state index contributed by atoms with van der Waals surface area (Å²) in [6, 6.07) is 5.01. The van der Waals surface area contributed by atoms with Crippen LogP contribution in [0.5, 0.6) is 0 Å². The van der Waals surface area contributed by atoms with Crippen LogP contribution < -0.4 is 5.32 Å². The molecule has 0 unspecified atom stereocenters. The number of unbranched alkanes of at least 4 members (excludes halogenated alkanes) is 1. The number of rotatable bonds is 5. The molecule has 2 nitrogen and oxygen atoms in total. The molecule has 1 N–H and O–H groups in total. The summed E-state index contributed by atoms with van der Waals surface area (Å²) in [6.45, 7) is 2.06. The summed E-state index contributed by atoms with van der Waals surface area (Å²) in [4.78, 5) is 10.6. The van der Waals surface area contributed by atoms with E-state index in [1.165, 1.54) is 19.1 Å². The van der Waals surface area contributed by atoms with E-state index in [9.17, 15) is 18.0 Å². The van der Waals surface area contributed by atoms with Crippen molar-refractivity contribution in [2.75, 3.05) is 6.54 Å². The molecule has 0 heterocycles. The largest absolute Gasteiger partial charge is 0.416 e. The Morgan fingerprint density at radius 1 is 1.26 bits per heavy atom. The lowest BCUT2D eigenvalue weighted by Crippen LogP contribution is -2.20. The van der Waals surface area contributed by atoms with Crippen LogP contribution in [-0.4, -0.2) is 12.5 Å². The van der Waals surface area contributed by atoms with Crippen molar-refractivity contribution in [3.8, 4) is 0 Å². The van der Waals surface area contributed by atoms with Gasteiger partial charge in [-0.1, -0.05) is 24.3 Å². The SMILES string of the molecule is CC(=O)NCCC/C=C\c1ccc(C(F)(F)F)cc1. The molecule has 1 aromatic rings. The zero-order chi connectivity index (χ0) is 14.3. The molecule has 0 saturated carbocycles. The topological polar surface area (TPSA) is 29.1 Å². The Morgan fingerprint density at radius 3 is 2.42 bits per heavy atom. The van der Waals surface area contributed by atoms with E-state index in [2.05, 4.69) is 5.32 Å². The van der Waals surface area contributed by atoms with Crippen molar-refractivity contribution in [3.05, 3.63) is 41.5 Å². The van der Waals surface area contributed by atoms with Crippen molar-refractivity contribution >= 4 is 12.0 Å². The first kappa shape index (κ1) is 15.3. The maximum atomic E-state index is 12.3. The molecule has 0 aliphatic heterocycles. The van der Waals surface area contributed by atoms with E-state index >= 15 is 0 Å². The maximum absolute atomic E-state index is 12.3. The summed E-state index contributed by atoms with van der Waals surface area (Å²) in [5.41, 5.74) is 0.0860. The zero-order valence-corrected chi connectivity index (χ0v) is 10.6. The van der Waals surface area contributed by atoms with Gasteiger partial charge in [0.05, 0.1) is 5.56 Å². The first-order valence-electron chi connectivity index (χ1n) is 5.98. The molecule has 0 aromatic heterocycles. The lowest BCUT2D eigenvalue weighted by molar-refractivity contribution is -0.137. The van der Waals surface area contributed by atoms with Crippen LogP contribution in [0.4, 0.5) is 13.2 Å². The highest BCUT2D eigenvalue weighted by molar-refractivity contribution is 5.72. The van der Waals surface area contributed by atoms with E-state index < -0.39 is 11.7 Å². The van der Waals surface area contributed by atoms with Crippen LogP contribution in [0, 0.1) is 0 Å². The fraction of sp³-hybridized carbons (Fsp3) is 0.357. The number of benzene rings is 1. The summed E-state index contributed by atoms with van der Waals surface area (Å²) in [5.74, 6) is -0.0632. The van der Waals surface area contributed by atoms with Gasteiger partial charge in [-0.2, -0.15) is 13.2 Å². The van der Waals surface area contributed by atoms with Crippen molar-refractivity contribution < 1.29 is 18.0 Å². The van der Waals surface area contributed by atoms with Crippen LogP contribution in [0.25, 0.3) is 6.08 Å². The van der Waals surface area contributed by atoms with Gasteiger partial charge in [0.25, 0.3) is 0 Å². The van der Waals surface area contributed by atoms with Gasteiger partial charge >= 0.3 is 6.18 Å². The highest BCUT2D eigenvalue weighted by atomic mass is 19.4. The van der Waals surface area contributed by atoms with E-state index in [4.69, 9.17) is 0 Å². The molecule has 104 valence electrons. The van der Waals surface area contributed by atoms with Gasteiger partial charge in [0, 0.05) is 13.5 Å². The minimum absolute atomic E-state index is 0.0632. The van der Waals surface area contributed by atoms with Gasteiger partial charge in [0.1, 0.15) is 0 Å². The standard InChI is InChI=1S/C14H16F3NO/c1-11(19)18-10-4-2-3-5-12-6-8-13(9-7-12)14(15,16)17/h3,5-9H,2,4,10H2,1H3,(H,18,19)/b5-3-. The highest BCUT2D eigenvalue weighted by Crippen LogP contribution is 2.29. The predicted molar refractivity (Wildman–Crippen MR) is 68.4 cm³/mol. The maximum Gasteiger partial charge on any atom is 0.416 e. The Morgan fingerprint density at radius 2 is 1.89 bits per heavy atom. The van der Waals surface area contributed by atoms with Crippen LogP contribution in [0.1, 0.15) is 30.9 Å². The van der Waals surface area contributed by atoms with E-state index in [1.807, 2.05) is 6.08 Å². The van der Waals surface area contributed by atoms with Crippen molar-refractivity contribution in [2.24, 2.45) is 0 Å². The quantitative estimate of drug-likeness (QED) is 0.814. The predicted octanol–water partition coefficient (Wildman–Crippen LogP) is 3.63. The monoisotopic (exact) mass is 271 g/mol. The molecule has 5 heteroatoms. The van der Waals surface area contributed by atoms with Crippen molar-refractivity contribution in [2.45, 2.75) is 25.9 Å². The van der Waals surface area contributed by atoms with Crippen molar-refractivity contribution in [1.29, 1.82) is 0 Å². The minimum Gasteiger partial charge on any atom is -0.356 e. The van der Waals surface area contributed by atoms with Crippen LogP contribution in [0.3, 0.4) is 0 Å². The fourth-order valence-corrected chi connectivity index (χ4v) is 1.49. The van der Waals surface area contributed by atoms with E-state index in [-0.39, 0.29) is 5.91 Å². The number of carbonyl (C=O) groups is 1. The smallest absolute Gasteiger partial charge is 0.356 e. The number of carbonyl (C=O) groups excluding carboxylic acids is 1.